The van der Waals surface area contributed by atoms with Gasteiger partial charge < -0.3 is 20.2 Å². The van der Waals surface area contributed by atoms with E-state index in [1.807, 2.05) is 13.8 Å². The van der Waals surface area contributed by atoms with Crippen molar-refractivity contribution in [1.82, 2.24) is 0 Å². The van der Waals surface area contributed by atoms with Gasteiger partial charge >= 0.3 is 34.3 Å². The number of nitrogens with one attached hydrogen (secondary N) is 1. The van der Waals surface area contributed by atoms with Gasteiger partial charge in [-0.25, -0.2) is 0 Å². The minimum Gasteiger partial charge on any atom is -0.784 e. The van der Waals surface area contributed by atoms with E-state index in [0.717, 1.165) is 0 Å². The molecule has 4 N–H and O–H groups in total. The van der Waals surface area contributed by atoms with E-state index < -0.39 is 90.0 Å². The maximum Gasteiger partial charge on any atom is 1.00 e. The fourth-order valence-electron chi connectivity index (χ4n) is 2.47. The Balaban J connectivity index is -0.000000299. The molecule has 0 aromatic heterocycles. The number of anilines is 1. The predicted octanol–water partition coefficient (Wildman–Crippen LogP) is 1.82. The Hall–Kier alpha value is -5.42. The number of hydrogen-bond donors (Lipinski definition) is 3. The maximum absolute atomic E-state index is 10.9. The van der Waals surface area contributed by atoms with Crippen LogP contribution >= 0.6 is 0 Å². The Morgan fingerprint density at radius 2 is 0.909 bits per heavy atom. The summed E-state index contributed by atoms with van der Waals surface area (Å²) in [6.45, 7) is 4.00. The molecule has 0 aliphatic rings. The summed E-state index contributed by atoms with van der Waals surface area (Å²) in [6.07, 6.45) is 0. The molecule has 246 valence electrons. The van der Waals surface area contributed by atoms with Gasteiger partial charge in [0.25, 0.3) is 11.4 Å². The predicted molar refractivity (Wildman–Crippen MR) is 144 cm³/mol. The lowest BCUT2D eigenvalue weighted by molar-refractivity contribution is -0.407. The number of nitrogens with two attached hydrogens (primary N) is 1. The zero-order chi connectivity index (χ0) is 35.7. The molecule has 0 bridgehead atoms. The molecule has 44 heavy (non-hydrogen) atoms. The lowest BCUT2D eigenvalue weighted by Crippen LogP contribution is -2.08. The van der Waals surface area contributed by atoms with E-state index >= 15 is 0 Å². The topological polar surface area (TPSA) is 414 Å². The van der Waals surface area contributed by atoms with Gasteiger partial charge in [0.05, 0.1) is 53.8 Å². The summed E-state index contributed by atoms with van der Waals surface area (Å²) in [5, 5.41) is 65.7. The highest BCUT2D eigenvalue weighted by Gasteiger charge is 2.38. The third-order valence-corrected chi connectivity index (χ3v) is 4.77. The molecule has 0 amide bonds. The highest BCUT2D eigenvalue weighted by atomic mass is 32.2. The summed E-state index contributed by atoms with van der Waals surface area (Å²) >= 11 is -3.11. The van der Waals surface area contributed by atoms with Crippen LogP contribution in [-0.4, -0.2) is 69.9 Å². The second kappa shape index (κ2) is 19.7. The lowest BCUT2D eigenvalue weighted by Gasteiger charge is -2.03. The highest BCUT2D eigenvalue weighted by Crippen LogP contribution is 2.38. The fourth-order valence-corrected chi connectivity index (χ4v) is 3.27. The molecular formula is C16H21N8O18S2-. The van der Waals surface area contributed by atoms with Gasteiger partial charge in [-0.3, -0.25) is 69.4 Å². The van der Waals surface area contributed by atoms with Crippen molar-refractivity contribution in [1.29, 1.82) is 0 Å². The van der Waals surface area contributed by atoms with Crippen molar-refractivity contribution in [3.8, 4) is 0 Å². The molecule has 0 spiro atoms. The van der Waals surface area contributed by atoms with Crippen molar-refractivity contribution in [3.05, 3.63) is 85.0 Å². The van der Waals surface area contributed by atoms with Crippen LogP contribution in [0.1, 0.15) is 15.3 Å². The van der Waals surface area contributed by atoms with Crippen molar-refractivity contribution in [2.24, 2.45) is 5.73 Å². The van der Waals surface area contributed by atoms with E-state index in [2.05, 4.69) is 11.1 Å². The van der Waals surface area contributed by atoms with Crippen molar-refractivity contribution in [2.45, 2.75) is 18.7 Å². The fraction of sp³-hybridized carbons (Fsp3) is 0.250. The summed E-state index contributed by atoms with van der Waals surface area (Å²) in [5.41, 5.74) is -1.97. The lowest BCUT2D eigenvalue weighted by atomic mass is 10.2. The molecule has 2 aromatic rings. The van der Waals surface area contributed by atoms with Crippen molar-refractivity contribution in [3.63, 3.8) is 0 Å². The molecule has 0 aliphatic heterocycles. The first-order valence-electron chi connectivity index (χ1n) is 10.4. The second-order valence-electron chi connectivity index (χ2n) is 6.14. The Bertz CT molecular complexity index is 1460. The first-order chi connectivity index (χ1) is 20.2. The molecular weight excluding hydrogens is 656 g/mol. The summed E-state index contributed by atoms with van der Waals surface area (Å²) in [4.78, 5) is 55.1. The van der Waals surface area contributed by atoms with Crippen LogP contribution in [-0.2, 0) is 21.5 Å². The summed E-state index contributed by atoms with van der Waals surface area (Å²) in [5.74, 6) is 0. The molecule has 0 radical (unpaired) electrons. The summed E-state index contributed by atoms with van der Waals surface area (Å²) < 4.78 is 56.0. The van der Waals surface area contributed by atoms with E-state index in [1.165, 1.54) is 14.1 Å². The van der Waals surface area contributed by atoms with E-state index in [1.54, 1.807) is 0 Å². The Morgan fingerprint density at radius 1 is 0.682 bits per heavy atom. The summed E-state index contributed by atoms with van der Waals surface area (Å²) in [6, 6.07) is 1.74. The number of nitrogens with zero attached hydrogens (tertiary/aromatic N) is 6. The van der Waals surface area contributed by atoms with Crippen molar-refractivity contribution < 1.29 is 57.3 Å². The van der Waals surface area contributed by atoms with E-state index in [4.69, 9.17) is 17.9 Å². The highest BCUT2D eigenvalue weighted by molar-refractivity contribution is 7.86. The number of non-ortho nitro benzene ring substituents is 2. The molecule has 0 fully saturated rings. The van der Waals surface area contributed by atoms with Gasteiger partial charge in [0.1, 0.15) is 0 Å². The second-order valence-corrected chi connectivity index (χ2v) is 7.91. The van der Waals surface area contributed by atoms with Gasteiger partial charge in [0.2, 0.25) is 4.90 Å². The number of hydrogen-bond acceptors (Lipinski definition) is 19. The zero-order valence-corrected chi connectivity index (χ0v) is 23.9. The monoisotopic (exact) mass is 677 g/mol. The number of nitro groups is 6. The minimum atomic E-state index is -5.30. The average molecular weight is 678 g/mol. The number of rotatable bonds is 8. The van der Waals surface area contributed by atoms with Crippen LogP contribution in [0.3, 0.4) is 0 Å². The number of nitro benzene ring substituents is 6. The first-order valence-corrected chi connectivity index (χ1v) is 12.8. The third-order valence-electron chi connectivity index (χ3n) is 3.83. The van der Waals surface area contributed by atoms with Gasteiger partial charge in [0, 0.05) is 7.05 Å². The normalized spacial score (nSPS) is 9.57. The molecule has 2 aromatic carbocycles. The minimum absolute atomic E-state index is 0. The zero-order valence-electron chi connectivity index (χ0n) is 23.3. The van der Waals surface area contributed by atoms with Gasteiger partial charge in [-0.15, -0.1) is 11.4 Å². The molecule has 0 aliphatic carbocycles. The van der Waals surface area contributed by atoms with Crippen LogP contribution in [0.25, 0.3) is 0 Å². The Kier molecular flexibility index (Phi) is 19.2. The van der Waals surface area contributed by atoms with E-state index in [9.17, 15) is 69.1 Å². The SMILES string of the molecule is CC.CN.CNc1c([N+](=O)[O-])cc([N+](=O)[O-])cc1[N+](=O)[O-].O=S([O-])[O-].O=[N+]([O-])c1cc([N+](=O)[O-])c(S(=O)(=O)O)c([N+](=O)[O-])c1.[H+]. The molecule has 0 atom stereocenters. The Morgan fingerprint density at radius 3 is 1.07 bits per heavy atom. The van der Waals surface area contributed by atoms with Crippen LogP contribution in [0.2, 0.25) is 0 Å². The van der Waals surface area contributed by atoms with Gasteiger partial charge in [0.15, 0.2) is 5.69 Å². The van der Waals surface area contributed by atoms with Gasteiger partial charge in [-0.1, -0.05) is 13.8 Å². The average Bonchev–Trinajstić information content (AvgIpc) is 2.92. The maximum atomic E-state index is 10.9. The van der Waals surface area contributed by atoms with Crippen LogP contribution in [0, 0.1) is 60.7 Å². The largest absolute Gasteiger partial charge is 1.00 e. The van der Waals surface area contributed by atoms with Crippen molar-refractivity contribution >= 4 is 61.3 Å². The van der Waals surface area contributed by atoms with Gasteiger partial charge in [-0.2, -0.15) is 8.42 Å². The van der Waals surface area contributed by atoms with Gasteiger partial charge in [-0.05, 0) is 7.05 Å². The molecule has 26 nitrogen and oxygen atoms in total. The molecule has 0 heterocycles. The molecule has 0 saturated heterocycles. The Labute approximate surface area is 247 Å². The van der Waals surface area contributed by atoms with Crippen LogP contribution in [0.5, 0.6) is 0 Å². The molecule has 0 saturated carbocycles. The quantitative estimate of drug-likeness (QED) is 0.155. The van der Waals surface area contributed by atoms with Crippen LogP contribution in [0.4, 0.5) is 39.8 Å². The molecule has 2 rings (SSSR count). The van der Waals surface area contributed by atoms with Crippen LogP contribution in [0.15, 0.2) is 29.2 Å². The van der Waals surface area contributed by atoms with E-state index in [0.29, 0.717) is 12.1 Å². The third kappa shape index (κ3) is 13.5. The smallest absolute Gasteiger partial charge is 0.784 e. The molecule has 28 heteroatoms. The summed E-state index contributed by atoms with van der Waals surface area (Å²) in [7, 11) is -2.55. The van der Waals surface area contributed by atoms with Crippen LogP contribution < -0.4 is 11.1 Å². The standard InChI is InChI=1S/C7H6N4O6.C6H3N3O9S.C2H6.CH5N.H2O3S/c1-8-7-5(10(14)15)2-4(9(12)13)3-6(7)11(16)17;10-7(11)3-1-4(8(12)13)6(19(16,17)18)5(2-3)9(14)15;2*1-2;1-4(2)3/h2-3,8H,1H3;1-2H,(H,16,17,18);1-2H3;2H2,1H3;(H2,1,2,3)/p-1. The van der Waals surface area contributed by atoms with E-state index in [-0.39, 0.29) is 19.2 Å². The molecule has 0 unspecified atom stereocenters. The first kappa shape index (κ1) is 43.0. The van der Waals surface area contributed by atoms with Crippen molar-refractivity contribution in [2.75, 3.05) is 19.4 Å². The number of benzene rings is 2.